The average molecular weight is 444 g/mol. The Morgan fingerprint density at radius 1 is 0.793 bits per heavy atom. The van der Waals surface area contributed by atoms with Crippen molar-refractivity contribution in [3.8, 4) is 0 Å². The fraction of sp³-hybridized carbons (Fsp3) is 0.529. The summed E-state index contributed by atoms with van der Waals surface area (Å²) in [6, 6.07) is 5.57. The van der Waals surface area contributed by atoms with E-state index in [9.17, 15) is 9.59 Å². The van der Waals surface area contributed by atoms with E-state index in [1.807, 2.05) is 0 Å². The number of ether oxygens (including phenoxy) is 1. The number of rotatable bonds is 5. The highest BCUT2D eigenvalue weighted by Gasteiger charge is 2.62. The molecule has 156 valence electrons. The van der Waals surface area contributed by atoms with Crippen LogP contribution in [-0.2, 0) is 31.9 Å². The topological polar surface area (TPSA) is 119 Å². The van der Waals surface area contributed by atoms with Gasteiger partial charge in [-0.3, -0.25) is 0 Å². The summed E-state index contributed by atoms with van der Waals surface area (Å²) >= 11 is 0. The molecule has 6 saturated heterocycles. The fourth-order valence-corrected chi connectivity index (χ4v) is 6.46. The molecule has 0 amide bonds. The van der Waals surface area contributed by atoms with Crippen molar-refractivity contribution in [2.75, 3.05) is 39.6 Å². The van der Waals surface area contributed by atoms with Gasteiger partial charge >= 0.3 is 29.1 Å². The van der Waals surface area contributed by atoms with Gasteiger partial charge in [-0.15, -0.1) is 0 Å². The molecule has 0 radical (unpaired) electrons. The van der Waals surface area contributed by atoms with Gasteiger partial charge in [-0.05, 0) is 24.3 Å². The highest BCUT2D eigenvalue weighted by molar-refractivity contribution is 7.42. The summed E-state index contributed by atoms with van der Waals surface area (Å²) in [5.41, 5.74) is -1.12. The van der Waals surface area contributed by atoms with Gasteiger partial charge in [0.1, 0.15) is 6.10 Å². The highest BCUT2D eigenvalue weighted by Crippen LogP contribution is 2.61. The monoisotopic (exact) mass is 444 g/mol. The van der Waals surface area contributed by atoms with Gasteiger partial charge in [0.15, 0.2) is 0 Å². The molecule has 0 aliphatic carbocycles. The van der Waals surface area contributed by atoms with Gasteiger partial charge in [0.05, 0.1) is 61.6 Å². The Hall–Kier alpha value is -1.22. The molecule has 0 aromatic heterocycles. The zero-order chi connectivity index (χ0) is 20.1. The Balaban J connectivity index is 1.44. The van der Waals surface area contributed by atoms with E-state index >= 15 is 0 Å². The number of aromatic carboxylic acids is 1. The van der Waals surface area contributed by atoms with Crippen molar-refractivity contribution in [3.05, 3.63) is 35.4 Å². The van der Waals surface area contributed by atoms with Crippen molar-refractivity contribution >= 4 is 29.1 Å². The number of carboxylic acid groups (broad SMARTS) is 1. The molecule has 0 unspecified atom stereocenters. The molecule has 0 atom stereocenters. The maximum absolute atomic E-state index is 13.0. The quantitative estimate of drug-likeness (QED) is 0.536. The molecule has 1 N–H and O–H groups in total. The fourth-order valence-electron chi connectivity index (χ4n) is 3.84. The normalized spacial score (nSPS) is 36.6. The molecule has 1 aromatic carbocycles. The van der Waals surface area contributed by atoms with Crippen LogP contribution in [0.3, 0.4) is 0 Å². The molecule has 29 heavy (non-hydrogen) atoms. The summed E-state index contributed by atoms with van der Waals surface area (Å²) in [4.78, 5) is 24.0. The van der Waals surface area contributed by atoms with Gasteiger partial charge in [-0.1, -0.05) is 0 Å². The second-order valence-electron chi connectivity index (χ2n) is 7.48. The first kappa shape index (κ1) is 19.7. The van der Waals surface area contributed by atoms with Gasteiger partial charge in [-0.25, -0.2) is 9.59 Å². The maximum atomic E-state index is 13.0. The van der Waals surface area contributed by atoms with Crippen LogP contribution in [0.1, 0.15) is 20.7 Å². The Morgan fingerprint density at radius 3 is 1.55 bits per heavy atom. The van der Waals surface area contributed by atoms with E-state index in [1.165, 1.54) is 24.3 Å². The van der Waals surface area contributed by atoms with Gasteiger partial charge < -0.3 is 37.0 Å². The molecule has 10 nitrogen and oxygen atoms in total. The highest BCUT2D eigenvalue weighted by atomic mass is 31.2. The molecule has 0 spiro atoms. The zero-order valence-corrected chi connectivity index (χ0v) is 16.9. The van der Waals surface area contributed by atoms with Crippen molar-refractivity contribution in [3.63, 3.8) is 0 Å². The molecule has 6 heterocycles. The first-order valence-corrected chi connectivity index (χ1v) is 11.1. The van der Waals surface area contributed by atoms with Crippen LogP contribution in [0.2, 0.25) is 0 Å². The molecule has 6 aliphatic heterocycles. The Bertz CT molecular complexity index is 739. The number of carboxylic acids is 1. The first-order chi connectivity index (χ1) is 14.0. The van der Waals surface area contributed by atoms with Crippen LogP contribution in [0.25, 0.3) is 0 Å². The maximum Gasteiger partial charge on any atom is 0.338 e. The van der Waals surface area contributed by atoms with Crippen LogP contribution in [0.5, 0.6) is 0 Å². The van der Waals surface area contributed by atoms with Gasteiger partial charge in [-0.2, -0.15) is 0 Å². The van der Waals surface area contributed by atoms with Crippen LogP contribution in [-0.4, -0.2) is 62.8 Å². The number of carbonyl (C=O) groups is 2. The third kappa shape index (κ3) is 3.48. The third-order valence-corrected chi connectivity index (χ3v) is 7.49. The van der Waals surface area contributed by atoms with Crippen LogP contribution >= 0.6 is 17.2 Å². The molecule has 0 saturated carbocycles. The van der Waals surface area contributed by atoms with Crippen LogP contribution in [0.4, 0.5) is 0 Å². The second kappa shape index (κ2) is 7.48. The lowest BCUT2D eigenvalue weighted by atomic mass is 9.69. The summed E-state index contributed by atoms with van der Waals surface area (Å²) in [7, 11) is -2.70. The first-order valence-electron chi connectivity index (χ1n) is 8.92. The summed E-state index contributed by atoms with van der Waals surface area (Å²) in [5.74, 6) is -1.66. The number of esters is 1. The van der Waals surface area contributed by atoms with E-state index in [4.69, 9.17) is 37.0 Å². The van der Waals surface area contributed by atoms with Crippen molar-refractivity contribution in [2.45, 2.75) is 6.10 Å². The van der Waals surface area contributed by atoms with E-state index in [1.54, 1.807) is 0 Å². The molecule has 6 fully saturated rings. The number of hydrogen-bond acceptors (Lipinski definition) is 9. The molecular formula is C17H18O10P2. The minimum Gasteiger partial charge on any atom is -0.478 e. The Kier molecular flexibility index (Phi) is 5.09. The zero-order valence-electron chi connectivity index (χ0n) is 15.1. The molecule has 1 aromatic rings. The number of benzene rings is 1. The SMILES string of the molecule is O=C(O)c1ccc(C(=O)OC(C23COP(OC2)OC3)C23COP(OC2)OC3)cc1. The van der Waals surface area contributed by atoms with Crippen molar-refractivity contribution < 1.29 is 46.6 Å². The van der Waals surface area contributed by atoms with E-state index in [0.29, 0.717) is 39.6 Å². The van der Waals surface area contributed by atoms with Crippen LogP contribution < -0.4 is 0 Å². The lowest BCUT2D eigenvalue weighted by molar-refractivity contribution is -0.213. The molecule has 7 rings (SSSR count). The molecular weight excluding hydrogens is 426 g/mol. The lowest BCUT2D eigenvalue weighted by Gasteiger charge is -2.55. The van der Waals surface area contributed by atoms with Gasteiger partial charge in [0.25, 0.3) is 0 Å². The molecule has 4 bridgehead atoms. The smallest absolute Gasteiger partial charge is 0.338 e. The average Bonchev–Trinajstić information content (AvgIpc) is 2.79. The second-order valence-corrected chi connectivity index (χ2v) is 9.92. The van der Waals surface area contributed by atoms with E-state index < -0.39 is 46.1 Å². The van der Waals surface area contributed by atoms with Crippen molar-refractivity contribution in [1.29, 1.82) is 0 Å². The minimum absolute atomic E-state index is 0.0847. The molecule has 12 heteroatoms. The Morgan fingerprint density at radius 2 is 1.17 bits per heavy atom. The van der Waals surface area contributed by atoms with E-state index in [-0.39, 0.29) is 11.1 Å². The summed E-state index contributed by atoms with van der Waals surface area (Å²) in [5, 5.41) is 9.04. The summed E-state index contributed by atoms with van der Waals surface area (Å²) in [6.07, 6.45) is -0.712. The van der Waals surface area contributed by atoms with Crippen LogP contribution in [0.15, 0.2) is 24.3 Å². The predicted molar refractivity (Wildman–Crippen MR) is 97.0 cm³/mol. The minimum atomic E-state index is -1.35. The van der Waals surface area contributed by atoms with Crippen LogP contribution in [0, 0.1) is 10.8 Å². The largest absolute Gasteiger partial charge is 0.478 e. The summed E-state index contributed by atoms with van der Waals surface area (Å²) < 4.78 is 39.8. The predicted octanol–water partition coefficient (Wildman–Crippen LogP) is 2.49. The third-order valence-electron chi connectivity index (χ3n) is 5.45. The van der Waals surface area contributed by atoms with Crippen molar-refractivity contribution in [2.24, 2.45) is 10.8 Å². The number of hydrogen-bond donors (Lipinski definition) is 1. The summed E-state index contributed by atoms with van der Waals surface area (Å²) in [6.45, 7) is 1.95. The number of carbonyl (C=O) groups excluding carboxylic acids is 1. The van der Waals surface area contributed by atoms with Gasteiger partial charge in [0.2, 0.25) is 0 Å². The number of fused-ring (bicyclic) bond motifs is 6. The van der Waals surface area contributed by atoms with E-state index in [0.717, 1.165) is 0 Å². The molecule has 6 aliphatic rings. The van der Waals surface area contributed by atoms with Crippen molar-refractivity contribution in [1.82, 2.24) is 0 Å². The standard InChI is InChI=1S/C17H18O10P2/c18-13(19)11-1-3-12(4-2-11)14(20)27-15(16-5-21-28(22-6-16)23-7-16)17-8-24-29(25-9-17)26-10-17/h1-4,15H,5-10H2,(H,18,19). The van der Waals surface area contributed by atoms with Gasteiger partial charge in [0, 0.05) is 0 Å². The lowest BCUT2D eigenvalue weighted by Crippen LogP contribution is -2.64. The van der Waals surface area contributed by atoms with E-state index in [2.05, 4.69) is 0 Å². The Labute approximate surface area is 168 Å².